The van der Waals surface area contributed by atoms with E-state index >= 15 is 0 Å². The van der Waals surface area contributed by atoms with Crippen molar-refractivity contribution in [3.8, 4) is 6.07 Å². The molecule has 1 aliphatic heterocycles. The minimum atomic E-state index is -0.428. The lowest BCUT2D eigenvalue weighted by Crippen LogP contribution is -2.27. The van der Waals surface area contributed by atoms with Crippen LogP contribution in [0, 0.1) is 11.3 Å². The van der Waals surface area contributed by atoms with Crippen molar-refractivity contribution < 1.29 is 9.59 Å². The Bertz CT molecular complexity index is 719. The molecule has 1 aliphatic rings. The number of hydrogen-bond acceptors (Lipinski definition) is 4. The number of anilines is 1. The first kappa shape index (κ1) is 19.5. The normalized spacial score (nSPS) is 14.5. The predicted molar refractivity (Wildman–Crippen MR) is 101 cm³/mol. The van der Waals surface area contributed by atoms with Crippen LogP contribution in [0.15, 0.2) is 36.0 Å². The van der Waals surface area contributed by atoms with Crippen molar-refractivity contribution in [1.82, 2.24) is 10.2 Å². The average molecular weight is 354 g/mol. The Morgan fingerprint density at radius 2 is 2.15 bits per heavy atom. The largest absolute Gasteiger partial charge is 0.390 e. The molecular formula is C20H26N4O2. The highest BCUT2D eigenvalue weighted by Gasteiger charge is 2.19. The van der Waals surface area contributed by atoms with Crippen molar-refractivity contribution in [3.05, 3.63) is 41.6 Å². The van der Waals surface area contributed by atoms with Gasteiger partial charge in [0.05, 0.1) is 0 Å². The van der Waals surface area contributed by atoms with Gasteiger partial charge in [-0.2, -0.15) is 5.26 Å². The molecule has 2 rings (SSSR count). The first-order valence-corrected chi connectivity index (χ1v) is 9.04. The summed E-state index contributed by atoms with van der Waals surface area (Å²) in [6, 6.07) is 9.52. The van der Waals surface area contributed by atoms with Crippen LogP contribution in [0.2, 0.25) is 0 Å². The van der Waals surface area contributed by atoms with Gasteiger partial charge < -0.3 is 15.5 Å². The standard InChI is InChI=1S/C20H26N4O2/c1-15(2)17-7-3-4-8-18(17)23-20(26)16(13-21)14-22-10-6-12-24-11-5-9-19(24)25/h3-4,7-8,14-15,22H,5-6,9-12H2,1-2H3,(H,23,26)/b16-14-. The molecule has 2 amide bonds. The van der Waals surface area contributed by atoms with Crippen LogP contribution in [0.5, 0.6) is 0 Å². The van der Waals surface area contributed by atoms with Gasteiger partial charge in [-0.1, -0.05) is 32.0 Å². The van der Waals surface area contributed by atoms with Crippen LogP contribution in [0.4, 0.5) is 5.69 Å². The molecule has 0 aliphatic carbocycles. The molecule has 1 saturated heterocycles. The second-order valence-electron chi connectivity index (χ2n) is 6.66. The van der Waals surface area contributed by atoms with Crippen LogP contribution < -0.4 is 10.6 Å². The molecule has 1 aromatic carbocycles. The van der Waals surface area contributed by atoms with Gasteiger partial charge in [0.25, 0.3) is 5.91 Å². The average Bonchev–Trinajstić information content (AvgIpc) is 3.03. The fourth-order valence-electron chi connectivity index (χ4n) is 2.94. The Kier molecular flexibility index (Phi) is 7.22. The zero-order valence-electron chi connectivity index (χ0n) is 15.4. The third kappa shape index (κ3) is 5.35. The van der Waals surface area contributed by atoms with Crippen molar-refractivity contribution in [1.29, 1.82) is 5.26 Å². The van der Waals surface area contributed by atoms with E-state index in [0.717, 1.165) is 30.6 Å². The summed E-state index contributed by atoms with van der Waals surface area (Å²) in [5.41, 5.74) is 1.78. The van der Waals surface area contributed by atoms with E-state index < -0.39 is 5.91 Å². The van der Waals surface area contributed by atoms with E-state index in [1.165, 1.54) is 6.20 Å². The van der Waals surface area contributed by atoms with E-state index in [1.54, 1.807) is 0 Å². The first-order chi connectivity index (χ1) is 12.5. The molecule has 1 fully saturated rings. The van der Waals surface area contributed by atoms with Crippen LogP contribution in [-0.4, -0.2) is 36.3 Å². The molecule has 0 radical (unpaired) electrons. The molecule has 0 atom stereocenters. The Labute approximate surface area is 154 Å². The topological polar surface area (TPSA) is 85.2 Å². The van der Waals surface area contributed by atoms with E-state index in [4.69, 9.17) is 0 Å². The molecule has 0 aromatic heterocycles. The smallest absolute Gasteiger partial charge is 0.267 e. The maximum Gasteiger partial charge on any atom is 0.267 e. The van der Waals surface area contributed by atoms with Crippen molar-refractivity contribution in [2.24, 2.45) is 0 Å². The van der Waals surface area contributed by atoms with Crippen LogP contribution in [0.3, 0.4) is 0 Å². The van der Waals surface area contributed by atoms with Crippen molar-refractivity contribution in [3.63, 3.8) is 0 Å². The molecule has 0 unspecified atom stereocenters. The minimum absolute atomic E-state index is 0.0285. The molecule has 6 nitrogen and oxygen atoms in total. The van der Waals surface area contributed by atoms with Gasteiger partial charge in [0.15, 0.2) is 0 Å². The number of carbonyl (C=O) groups is 2. The van der Waals surface area contributed by atoms with Crippen LogP contribution in [-0.2, 0) is 9.59 Å². The number of rotatable bonds is 8. The van der Waals surface area contributed by atoms with Crippen molar-refractivity contribution in [2.45, 2.75) is 39.0 Å². The maximum atomic E-state index is 12.3. The molecule has 6 heteroatoms. The van der Waals surface area contributed by atoms with E-state index in [9.17, 15) is 14.9 Å². The molecule has 0 saturated carbocycles. The van der Waals surface area contributed by atoms with Gasteiger partial charge in [0.1, 0.15) is 11.6 Å². The lowest BCUT2D eigenvalue weighted by molar-refractivity contribution is -0.127. The fraction of sp³-hybridized carbons (Fsp3) is 0.450. The Morgan fingerprint density at radius 1 is 1.38 bits per heavy atom. The van der Waals surface area contributed by atoms with Crippen LogP contribution in [0.25, 0.3) is 0 Å². The summed E-state index contributed by atoms with van der Waals surface area (Å²) >= 11 is 0. The third-order valence-corrected chi connectivity index (χ3v) is 4.36. The quantitative estimate of drug-likeness (QED) is 0.427. The number of amides is 2. The Morgan fingerprint density at radius 3 is 2.81 bits per heavy atom. The lowest BCUT2D eigenvalue weighted by atomic mass is 10.0. The first-order valence-electron chi connectivity index (χ1n) is 9.04. The molecule has 26 heavy (non-hydrogen) atoms. The fourth-order valence-corrected chi connectivity index (χ4v) is 2.94. The number of likely N-dealkylation sites (tertiary alicyclic amines) is 1. The molecule has 1 aromatic rings. The molecule has 0 spiro atoms. The molecule has 138 valence electrons. The van der Waals surface area contributed by atoms with Crippen LogP contribution >= 0.6 is 0 Å². The van der Waals surface area contributed by atoms with Gasteiger partial charge >= 0.3 is 0 Å². The SMILES string of the molecule is CC(C)c1ccccc1NC(=O)/C(C#N)=C\NCCCN1CCCC1=O. The number of nitriles is 1. The predicted octanol–water partition coefficient (Wildman–Crippen LogP) is 2.76. The highest BCUT2D eigenvalue weighted by Crippen LogP contribution is 2.23. The number of carbonyl (C=O) groups excluding carboxylic acids is 2. The van der Waals surface area contributed by atoms with E-state index in [-0.39, 0.29) is 17.4 Å². The summed E-state index contributed by atoms with van der Waals surface area (Å²) in [6.45, 7) is 6.24. The minimum Gasteiger partial charge on any atom is -0.390 e. The summed E-state index contributed by atoms with van der Waals surface area (Å²) < 4.78 is 0. The lowest BCUT2D eigenvalue weighted by Gasteiger charge is -2.15. The van der Waals surface area contributed by atoms with Gasteiger partial charge in [0, 0.05) is 37.9 Å². The summed E-state index contributed by atoms with van der Waals surface area (Å²) in [5.74, 6) is 0.0525. The second kappa shape index (κ2) is 9.62. The second-order valence-corrected chi connectivity index (χ2v) is 6.66. The molecule has 1 heterocycles. The highest BCUT2D eigenvalue weighted by atomic mass is 16.2. The van der Waals surface area contributed by atoms with Crippen molar-refractivity contribution in [2.75, 3.05) is 25.0 Å². The molecule has 0 bridgehead atoms. The van der Waals surface area contributed by atoms with Crippen LogP contribution in [0.1, 0.15) is 44.6 Å². The number of nitrogens with zero attached hydrogens (tertiary/aromatic N) is 2. The monoisotopic (exact) mass is 354 g/mol. The molecular weight excluding hydrogens is 328 g/mol. The van der Waals surface area contributed by atoms with E-state index in [1.807, 2.05) is 35.2 Å². The zero-order valence-corrected chi connectivity index (χ0v) is 15.4. The zero-order chi connectivity index (χ0) is 18.9. The van der Waals surface area contributed by atoms with Gasteiger partial charge in [-0.05, 0) is 30.4 Å². The van der Waals surface area contributed by atoms with E-state index in [0.29, 0.717) is 19.5 Å². The number of para-hydroxylation sites is 1. The third-order valence-electron chi connectivity index (χ3n) is 4.36. The van der Waals surface area contributed by atoms with Gasteiger partial charge in [-0.3, -0.25) is 9.59 Å². The Balaban J connectivity index is 1.85. The maximum absolute atomic E-state index is 12.3. The Hall–Kier alpha value is -2.81. The van der Waals surface area contributed by atoms with E-state index in [2.05, 4.69) is 24.5 Å². The number of nitrogens with one attached hydrogen (secondary N) is 2. The number of benzene rings is 1. The van der Waals surface area contributed by atoms with Gasteiger partial charge in [-0.25, -0.2) is 0 Å². The van der Waals surface area contributed by atoms with Crippen molar-refractivity contribution >= 4 is 17.5 Å². The summed E-state index contributed by atoms with van der Waals surface area (Å²) in [5, 5.41) is 15.1. The summed E-state index contributed by atoms with van der Waals surface area (Å²) in [7, 11) is 0. The summed E-state index contributed by atoms with van der Waals surface area (Å²) in [4.78, 5) is 25.7. The number of hydrogen-bond donors (Lipinski definition) is 2. The summed E-state index contributed by atoms with van der Waals surface area (Å²) in [6.07, 6.45) is 3.80. The van der Waals surface area contributed by atoms with Gasteiger partial charge in [0.2, 0.25) is 5.91 Å². The highest BCUT2D eigenvalue weighted by molar-refractivity contribution is 6.06. The molecule has 2 N–H and O–H groups in total. The van der Waals surface area contributed by atoms with Gasteiger partial charge in [-0.15, -0.1) is 0 Å².